The Balaban J connectivity index is 0.00000288. The first-order valence-electron chi connectivity index (χ1n) is 8.27. The molecule has 1 aromatic carbocycles. The van der Waals surface area contributed by atoms with E-state index in [4.69, 9.17) is 9.47 Å². The van der Waals surface area contributed by atoms with Crippen molar-refractivity contribution >= 4 is 18.3 Å². The summed E-state index contributed by atoms with van der Waals surface area (Å²) in [6.07, 6.45) is 1.66. The maximum atomic E-state index is 13.2. The summed E-state index contributed by atoms with van der Waals surface area (Å²) < 4.78 is 10.6. The largest absolute Gasteiger partial charge is 0.497 e. The fraction of sp³-hybridized carbons (Fsp3) is 0.611. The minimum absolute atomic E-state index is 0. The van der Waals surface area contributed by atoms with E-state index < -0.39 is 0 Å². The summed E-state index contributed by atoms with van der Waals surface area (Å²) in [7, 11) is 3.33. The van der Waals surface area contributed by atoms with E-state index in [9.17, 15) is 4.79 Å². The van der Waals surface area contributed by atoms with Gasteiger partial charge >= 0.3 is 0 Å². The molecule has 1 aromatic rings. The number of amides is 1. The Kier molecular flexibility index (Phi) is 8.53. The Morgan fingerprint density at radius 3 is 2.33 bits per heavy atom. The summed E-state index contributed by atoms with van der Waals surface area (Å²) in [5, 5.41) is 3.33. The van der Waals surface area contributed by atoms with Crippen LogP contribution in [0.5, 0.6) is 5.75 Å². The molecule has 5 nitrogen and oxygen atoms in total. The zero-order valence-corrected chi connectivity index (χ0v) is 15.7. The SMILES string of the molecule is CCN(Cc1ccc(OC)cc1)C(=O)C1(COC)CCNCC1.Cl. The summed E-state index contributed by atoms with van der Waals surface area (Å²) in [6, 6.07) is 7.90. The van der Waals surface area contributed by atoms with Crippen molar-refractivity contribution in [2.75, 3.05) is 40.5 Å². The maximum absolute atomic E-state index is 13.2. The standard InChI is InChI=1S/C18H28N2O3.ClH/c1-4-20(13-15-5-7-16(23-3)8-6-15)17(21)18(14-22-2)9-11-19-12-10-18;/h5-8,19H,4,9-14H2,1-3H3;1H. The first-order valence-corrected chi connectivity index (χ1v) is 8.27. The minimum atomic E-state index is -0.386. The van der Waals surface area contributed by atoms with E-state index >= 15 is 0 Å². The van der Waals surface area contributed by atoms with Gasteiger partial charge in [-0.2, -0.15) is 0 Å². The number of benzene rings is 1. The van der Waals surface area contributed by atoms with E-state index in [1.54, 1.807) is 14.2 Å². The molecule has 0 aromatic heterocycles. The highest BCUT2D eigenvalue weighted by Gasteiger charge is 2.41. The van der Waals surface area contributed by atoms with E-state index in [2.05, 4.69) is 5.32 Å². The van der Waals surface area contributed by atoms with Gasteiger partial charge in [0, 0.05) is 20.2 Å². The molecule has 1 aliphatic rings. The van der Waals surface area contributed by atoms with E-state index in [0.29, 0.717) is 19.7 Å². The molecule has 136 valence electrons. The van der Waals surface area contributed by atoms with Gasteiger partial charge in [-0.25, -0.2) is 0 Å². The highest BCUT2D eigenvalue weighted by atomic mass is 35.5. The molecule has 0 spiro atoms. The predicted octanol–water partition coefficient (Wildman–Crippen LogP) is 2.48. The fourth-order valence-electron chi connectivity index (χ4n) is 3.22. The number of halogens is 1. The Morgan fingerprint density at radius 2 is 1.83 bits per heavy atom. The van der Waals surface area contributed by atoms with Crippen LogP contribution in [0.1, 0.15) is 25.3 Å². The van der Waals surface area contributed by atoms with Gasteiger partial charge in [0.15, 0.2) is 0 Å². The molecule has 1 amide bonds. The fourth-order valence-corrected chi connectivity index (χ4v) is 3.22. The molecular formula is C18H29ClN2O3. The molecule has 6 heteroatoms. The van der Waals surface area contributed by atoms with E-state index in [0.717, 1.165) is 37.2 Å². The molecule has 0 saturated carbocycles. The first-order chi connectivity index (χ1) is 11.1. The number of carbonyl (C=O) groups excluding carboxylic acids is 1. The molecule has 1 saturated heterocycles. The van der Waals surface area contributed by atoms with Crippen molar-refractivity contribution in [1.29, 1.82) is 0 Å². The normalized spacial score (nSPS) is 16.1. The lowest BCUT2D eigenvalue weighted by Crippen LogP contribution is -2.51. The van der Waals surface area contributed by atoms with Gasteiger partial charge in [0.1, 0.15) is 5.75 Å². The maximum Gasteiger partial charge on any atom is 0.231 e. The van der Waals surface area contributed by atoms with Crippen LogP contribution < -0.4 is 10.1 Å². The zero-order valence-electron chi connectivity index (χ0n) is 14.8. The monoisotopic (exact) mass is 356 g/mol. The number of hydrogen-bond acceptors (Lipinski definition) is 4. The van der Waals surface area contributed by atoms with E-state index in [-0.39, 0.29) is 23.7 Å². The van der Waals surface area contributed by atoms with Gasteiger partial charge < -0.3 is 19.7 Å². The summed E-state index contributed by atoms with van der Waals surface area (Å²) in [6.45, 7) is 5.59. The summed E-state index contributed by atoms with van der Waals surface area (Å²) in [5.74, 6) is 1.04. The van der Waals surface area contributed by atoms with Crippen LogP contribution in [-0.4, -0.2) is 51.3 Å². The van der Waals surface area contributed by atoms with Crippen LogP contribution in [0.3, 0.4) is 0 Å². The molecule has 0 radical (unpaired) electrons. The Bertz CT molecular complexity index is 496. The van der Waals surface area contributed by atoms with Crippen molar-refractivity contribution in [3.63, 3.8) is 0 Å². The van der Waals surface area contributed by atoms with Crippen molar-refractivity contribution in [2.45, 2.75) is 26.3 Å². The lowest BCUT2D eigenvalue weighted by atomic mass is 9.78. The van der Waals surface area contributed by atoms with Crippen molar-refractivity contribution in [3.8, 4) is 5.75 Å². The smallest absolute Gasteiger partial charge is 0.231 e. The van der Waals surface area contributed by atoms with Crippen molar-refractivity contribution < 1.29 is 14.3 Å². The molecule has 1 N–H and O–H groups in total. The van der Waals surface area contributed by atoms with E-state index in [1.807, 2.05) is 36.1 Å². The second kappa shape index (κ2) is 9.87. The zero-order chi connectivity index (χ0) is 16.7. The third-order valence-corrected chi connectivity index (χ3v) is 4.64. The van der Waals surface area contributed by atoms with Gasteiger partial charge in [0.25, 0.3) is 0 Å². The number of rotatable bonds is 7. The highest BCUT2D eigenvalue weighted by molar-refractivity contribution is 5.85. The lowest BCUT2D eigenvalue weighted by Gasteiger charge is -2.39. The summed E-state index contributed by atoms with van der Waals surface area (Å²) in [5.41, 5.74) is 0.727. The number of piperidine rings is 1. The molecule has 0 unspecified atom stereocenters. The molecule has 0 bridgehead atoms. The van der Waals surface area contributed by atoms with Gasteiger partial charge in [-0.05, 0) is 50.6 Å². The summed E-state index contributed by atoms with van der Waals surface area (Å²) >= 11 is 0. The predicted molar refractivity (Wildman–Crippen MR) is 97.7 cm³/mol. The Hall–Kier alpha value is -1.30. The molecular weight excluding hydrogens is 328 g/mol. The van der Waals surface area contributed by atoms with Crippen LogP contribution >= 0.6 is 12.4 Å². The first kappa shape index (κ1) is 20.7. The third-order valence-electron chi connectivity index (χ3n) is 4.64. The minimum Gasteiger partial charge on any atom is -0.497 e. The average molecular weight is 357 g/mol. The molecule has 0 atom stereocenters. The van der Waals surface area contributed by atoms with Crippen LogP contribution in [0.2, 0.25) is 0 Å². The van der Waals surface area contributed by atoms with Gasteiger partial charge in [-0.1, -0.05) is 12.1 Å². The number of hydrogen-bond donors (Lipinski definition) is 1. The van der Waals surface area contributed by atoms with Crippen LogP contribution in [0, 0.1) is 5.41 Å². The summed E-state index contributed by atoms with van der Waals surface area (Å²) in [4.78, 5) is 15.1. The molecule has 1 heterocycles. The van der Waals surface area contributed by atoms with Gasteiger partial charge in [-0.3, -0.25) is 4.79 Å². The molecule has 24 heavy (non-hydrogen) atoms. The number of nitrogens with zero attached hydrogens (tertiary/aromatic N) is 1. The number of methoxy groups -OCH3 is 2. The van der Waals surface area contributed by atoms with Crippen molar-refractivity contribution in [3.05, 3.63) is 29.8 Å². The number of carbonyl (C=O) groups is 1. The van der Waals surface area contributed by atoms with Gasteiger partial charge in [0.2, 0.25) is 5.91 Å². The van der Waals surface area contributed by atoms with Crippen LogP contribution in [0.15, 0.2) is 24.3 Å². The van der Waals surface area contributed by atoms with Crippen molar-refractivity contribution in [2.24, 2.45) is 5.41 Å². The van der Waals surface area contributed by atoms with Crippen molar-refractivity contribution in [1.82, 2.24) is 10.2 Å². The average Bonchev–Trinajstić information content (AvgIpc) is 2.60. The number of nitrogens with one attached hydrogen (secondary N) is 1. The molecule has 1 fully saturated rings. The van der Waals surface area contributed by atoms with Gasteiger partial charge in [-0.15, -0.1) is 12.4 Å². The van der Waals surface area contributed by atoms with Gasteiger partial charge in [0.05, 0.1) is 19.1 Å². The van der Waals surface area contributed by atoms with Crippen LogP contribution in [0.4, 0.5) is 0 Å². The van der Waals surface area contributed by atoms with Crippen LogP contribution in [-0.2, 0) is 16.1 Å². The second-order valence-electron chi connectivity index (χ2n) is 6.13. The second-order valence-corrected chi connectivity index (χ2v) is 6.13. The highest BCUT2D eigenvalue weighted by Crippen LogP contribution is 2.32. The number of ether oxygens (including phenoxy) is 2. The van der Waals surface area contributed by atoms with Crippen LogP contribution in [0.25, 0.3) is 0 Å². The van der Waals surface area contributed by atoms with E-state index in [1.165, 1.54) is 0 Å². The Labute approximate surface area is 151 Å². The lowest BCUT2D eigenvalue weighted by molar-refractivity contribution is -0.148. The molecule has 0 aliphatic carbocycles. The molecule has 1 aliphatic heterocycles. The molecule has 2 rings (SSSR count). The topological polar surface area (TPSA) is 50.8 Å². The quantitative estimate of drug-likeness (QED) is 0.815. The third kappa shape index (κ3) is 4.85. The Morgan fingerprint density at radius 1 is 1.21 bits per heavy atom.